The van der Waals surface area contributed by atoms with E-state index in [1.165, 1.54) is 6.08 Å². The van der Waals surface area contributed by atoms with Crippen LogP contribution in [0.25, 0.3) is 0 Å². The number of carbonyl (C=O) groups is 1. The Balaban J connectivity index is 2.19. The molecule has 1 aromatic carbocycles. The van der Waals surface area contributed by atoms with Crippen LogP contribution in [0.2, 0.25) is 0 Å². The maximum Gasteiger partial charge on any atom is 0.241 e. The van der Waals surface area contributed by atoms with Gasteiger partial charge in [0.2, 0.25) is 5.91 Å². The minimum atomic E-state index is -0.451. The number of hydrogen-bond donors (Lipinski definition) is 1. The minimum absolute atomic E-state index is 0.401. The number of hydrogen-bond acceptors (Lipinski definition) is 2. The zero-order chi connectivity index (χ0) is 10.2. The Kier molecular flexibility index (Phi) is 4.44. The molecule has 0 saturated heterocycles. The van der Waals surface area contributed by atoms with Gasteiger partial charge in [-0.1, -0.05) is 36.4 Å². The molecule has 0 aliphatic carbocycles. The summed E-state index contributed by atoms with van der Waals surface area (Å²) in [4.78, 5) is 10.3. The number of amides is 1. The first-order valence-electron chi connectivity index (χ1n) is 4.36. The SMILES string of the molecule is NC(=O)/C=C/COCc1ccccc1. The maximum absolute atomic E-state index is 10.3. The number of carbonyl (C=O) groups excluding carboxylic acids is 1. The molecule has 3 heteroatoms. The topological polar surface area (TPSA) is 52.3 Å². The first-order valence-corrected chi connectivity index (χ1v) is 4.36. The van der Waals surface area contributed by atoms with Gasteiger partial charge in [0.05, 0.1) is 13.2 Å². The minimum Gasteiger partial charge on any atom is -0.373 e. The normalized spacial score (nSPS) is 10.6. The summed E-state index contributed by atoms with van der Waals surface area (Å²) in [5, 5.41) is 0. The molecule has 0 fully saturated rings. The highest BCUT2D eigenvalue weighted by Crippen LogP contribution is 1.99. The number of rotatable bonds is 5. The lowest BCUT2D eigenvalue weighted by atomic mass is 10.2. The molecule has 0 saturated carbocycles. The molecule has 74 valence electrons. The zero-order valence-electron chi connectivity index (χ0n) is 7.85. The third-order valence-corrected chi connectivity index (χ3v) is 1.61. The van der Waals surface area contributed by atoms with Gasteiger partial charge in [0.15, 0.2) is 0 Å². The van der Waals surface area contributed by atoms with E-state index in [9.17, 15) is 4.79 Å². The first-order chi connectivity index (χ1) is 6.79. The summed E-state index contributed by atoms with van der Waals surface area (Å²) in [6, 6.07) is 9.84. The molecule has 14 heavy (non-hydrogen) atoms. The van der Waals surface area contributed by atoms with Crippen molar-refractivity contribution in [2.75, 3.05) is 6.61 Å². The third-order valence-electron chi connectivity index (χ3n) is 1.61. The Bertz CT molecular complexity index is 306. The highest BCUT2D eigenvalue weighted by atomic mass is 16.5. The van der Waals surface area contributed by atoms with Gasteiger partial charge in [-0.05, 0) is 5.56 Å². The molecule has 1 aromatic rings. The van der Waals surface area contributed by atoms with Crippen molar-refractivity contribution in [3.8, 4) is 0 Å². The molecular weight excluding hydrogens is 178 g/mol. The largest absolute Gasteiger partial charge is 0.373 e. The fourth-order valence-electron chi connectivity index (χ4n) is 0.983. The van der Waals surface area contributed by atoms with Gasteiger partial charge in [0, 0.05) is 6.08 Å². The van der Waals surface area contributed by atoms with Crippen molar-refractivity contribution >= 4 is 5.91 Å². The molecule has 0 atom stereocenters. The number of primary amides is 1. The van der Waals surface area contributed by atoms with Gasteiger partial charge in [0.1, 0.15) is 0 Å². The third kappa shape index (κ3) is 4.42. The van der Waals surface area contributed by atoms with Crippen LogP contribution in [0, 0.1) is 0 Å². The first kappa shape index (κ1) is 10.5. The van der Waals surface area contributed by atoms with Crippen LogP contribution >= 0.6 is 0 Å². The summed E-state index contributed by atoms with van der Waals surface area (Å²) in [6.45, 7) is 0.946. The van der Waals surface area contributed by atoms with Gasteiger partial charge in [0.25, 0.3) is 0 Å². The number of benzene rings is 1. The lowest BCUT2D eigenvalue weighted by Crippen LogP contribution is -2.06. The smallest absolute Gasteiger partial charge is 0.241 e. The maximum atomic E-state index is 10.3. The van der Waals surface area contributed by atoms with E-state index in [-0.39, 0.29) is 0 Å². The number of ether oxygens (including phenoxy) is 1. The van der Waals surface area contributed by atoms with Gasteiger partial charge < -0.3 is 10.5 Å². The van der Waals surface area contributed by atoms with Gasteiger partial charge in [-0.25, -0.2) is 0 Å². The Labute approximate surface area is 83.2 Å². The van der Waals surface area contributed by atoms with E-state index >= 15 is 0 Å². The van der Waals surface area contributed by atoms with Gasteiger partial charge in [-0.15, -0.1) is 0 Å². The summed E-state index contributed by atoms with van der Waals surface area (Å²) in [6.07, 6.45) is 2.90. The van der Waals surface area contributed by atoms with Crippen LogP contribution in [0.15, 0.2) is 42.5 Å². The van der Waals surface area contributed by atoms with Crippen LogP contribution in [0.3, 0.4) is 0 Å². The Hall–Kier alpha value is -1.61. The van der Waals surface area contributed by atoms with Crippen molar-refractivity contribution in [3.63, 3.8) is 0 Å². The second-order valence-corrected chi connectivity index (χ2v) is 2.81. The summed E-state index contributed by atoms with van der Waals surface area (Å²) in [7, 11) is 0. The molecule has 0 radical (unpaired) electrons. The fraction of sp³-hybridized carbons (Fsp3) is 0.182. The summed E-state index contributed by atoms with van der Waals surface area (Å²) in [5.41, 5.74) is 6.02. The van der Waals surface area contributed by atoms with Crippen molar-refractivity contribution in [2.45, 2.75) is 6.61 Å². The molecule has 2 N–H and O–H groups in total. The van der Waals surface area contributed by atoms with Gasteiger partial charge in [-0.3, -0.25) is 4.79 Å². The van der Waals surface area contributed by atoms with Crippen LogP contribution in [-0.2, 0) is 16.1 Å². The highest BCUT2D eigenvalue weighted by molar-refractivity contribution is 5.85. The predicted octanol–water partition coefficient (Wildman–Crippen LogP) is 1.24. The molecule has 0 spiro atoms. The molecule has 0 unspecified atom stereocenters. The van der Waals surface area contributed by atoms with Crippen molar-refractivity contribution in [2.24, 2.45) is 5.73 Å². The zero-order valence-corrected chi connectivity index (χ0v) is 7.85. The predicted molar refractivity (Wildman–Crippen MR) is 54.4 cm³/mol. The van der Waals surface area contributed by atoms with E-state index in [0.29, 0.717) is 13.2 Å². The second kappa shape index (κ2) is 5.94. The summed E-state index contributed by atoms with van der Waals surface area (Å²) < 4.78 is 5.28. The Morgan fingerprint density at radius 3 is 2.71 bits per heavy atom. The Morgan fingerprint density at radius 1 is 1.36 bits per heavy atom. The van der Waals surface area contributed by atoms with Gasteiger partial charge in [-0.2, -0.15) is 0 Å². The summed E-state index contributed by atoms with van der Waals surface area (Å²) in [5.74, 6) is -0.451. The van der Waals surface area contributed by atoms with Crippen LogP contribution < -0.4 is 5.73 Å². The summed E-state index contributed by atoms with van der Waals surface area (Å²) >= 11 is 0. The van der Waals surface area contributed by atoms with Crippen LogP contribution in [0.4, 0.5) is 0 Å². The van der Waals surface area contributed by atoms with Crippen molar-refractivity contribution in [1.82, 2.24) is 0 Å². The molecule has 0 aliphatic heterocycles. The van der Waals surface area contributed by atoms with E-state index in [2.05, 4.69) is 0 Å². The van der Waals surface area contributed by atoms with E-state index < -0.39 is 5.91 Å². The van der Waals surface area contributed by atoms with E-state index in [0.717, 1.165) is 5.56 Å². The van der Waals surface area contributed by atoms with Crippen LogP contribution in [-0.4, -0.2) is 12.5 Å². The molecule has 1 rings (SSSR count). The van der Waals surface area contributed by atoms with Crippen LogP contribution in [0.1, 0.15) is 5.56 Å². The fourth-order valence-corrected chi connectivity index (χ4v) is 0.983. The Morgan fingerprint density at radius 2 is 2.07 bits per heavy atom. The lowest BCUT2D eigenvalue weighted by Gasteiger charge is -2.00. The second-order valence-electron chi connectivity index (χ2n) is 2.81. The van der Waals surface area contributed by atoms with E-state index in [4.69, 9.17) is 10.5 Å². The molecule has 1 amide bonds. The van der Waals surface area contributed by atoms with Crippen molar-refractivity contribution in [1.29, 1.82) is 0 Å². The van der Waals surface area contributed by atoms with Crippen molar-refractivity contribution < 1.29 is 9.53 Å². The molecule has 0 heterocycles. The highest BCUT2D eigenvalue weighted by Gasteiger charge is 1.89. The van der Waals surface area contributed by atoms with E-state index in [1.54, 1.807) is 6.08 Å². The molecular formula is C11H13NO2. The lowest BCUT2D eigenvalue weighted by molar-refractivity contribution is -0.113. The average molecular weight is 191 g/mol. The number of nitrogens with two attached hydrogens (primary N) is 1. The van der Waals surface area contributed by atoms with Crippen molar-refractivity contribution in [3.05, 3.63) is 48.0 Å². The van der Waals surface area contributed by atoms with Crippen LogP contribution in [0.5, 0.6) is 0 Å². The van der Waals surface area contributed by atoms with E-state index in [1.807, 2.05) is 30.3 Å². The molecule has 0 aliphatic rings. The average Bonchev–Trinajstić information content (AvgIpc) is 2.18. The molecule has 0 bridgehead atoms. The quantitative estimate of drug-likeness (QED) is 0.562. The van der Waals surface area contributed by atoms with Gasteiger partial charge >= 0.3 is 0 Å². The molecule has 3 nitrogen and oxygen atoms in total. The monoisotopic (exact) mass is 191 g/mol. The standard InChI is InChI=1S/C11H13NO2/c12-11(13)7-4-8-14-9-10-5-2-1-3-6-10/h1-7H,8-9H2,(H2,12,13)/b7-4+. The molecule has 0 aromatic heterocycles.